The van der Waals surface area contributed by atoms with Gasteiger partial charge in [-0.15, -0.1) is 0 Å². The Bertz CT molecular complexity index is 1200. The van der Waals surface area contributed by atoms with Gasteiger partial charge in [-0.3, -0.25) is 4.79 Å². The van der Waals surface area contributed by atoms with Crippen LogP contribution in [0.25, 0.3) is 21.9 Å². The number of imidazole rings is 1. The van der Waals surface area contributed by atoms with E-state index in [2.05, 4.69) is 15.3 Å². The summed E-state index contributed by atoms with van der Waals surface area (Å²) >= 11 is 0. The monoisotopic (exact) mass is 378 g/mol. The Morgan fingerprint density at radius 1 is 1.18 bits per heavy atom. The number of ether oxygens (including phenoxy) is 1. The number of hydrogen-bond acceptors (Lipinski definition) is 3. The highest BCUT2D eigenvalue weighted by Crippen LogP contribution is 2.23. The van der Waals surface area contributed by atoms with Gasteiger partial charge in [-0.05, 0) is 30.7 Å². The number of fused-ring (bicyclic) bond motifs is 2. The summed E-state index contributed by atoms with van der Waals surface area (Å²) in [5.41, 5.74) is 3.78. The fraction of sp³-hybridized carbons (Fsp3) is 0.238. The van der Waals surface area contributed by atoms with E-state index >= 15 is 0 Å². The van der Waals surface area contributed by atoms with Crippen LogP contribution in [0.2, 0.25) is 0 Å². The summed E-state index contributed by atoms with van der Waals surface area (Å²) in [5.74, 6) is -0.137. The molecule has 0 saturated carbocycles. The standard InChI is InChI=1S/C21H22N4O3/c1-13(14-7-8-17-18(11-14)24-21(27)23-17)22-20(26)16-12-25(9-10-28-2)19-6-4-3-5-15(16)19/h3-8,11-13H,9-10H2,1-2H3,(H,22,26)(H2,23,24,27)/t13-/m1/s1. The van der Waals surface area contributed by atoms with Crippen molar-refractivity contribution in [2.24, 2.45) is 0 Å². The maximum absolute atomic E-state index is 13.0. The summed E-state index contributed by atoms with van der Waals surface area (Å²) in [4.78, 5) is 29.9. The number of benzene rings is 2. The molecule has 144 valence electrons. The number of methoxy groups -OCH3 is 1. The molecule has 28 heavy (non-hydrogen) atoms. The van der Waals surface area contributed by atoms with Crippen LogP contribution in [0.15, 0.2) is 53.5 Å². The number of amides is 1. The number of aromatic nitrogens is 3. The minimum atomic E-state index is -0.243. The average molecular weight is 378 g/mol. The van der Waals surface area contributed by atoms with Crippen LogP contribution in [0.4, 0.5) is 0 Å². The highest BCUT2D eigenvalue weighted by Gasteiger charge is 2.17. The van der Waals surface area contributed by atoms with Crippen molar-refractivity contribution < 1.29 is 9.53 Å². The number of hydrogen-bond donors (Lipinski definition) is 3. The molecule has 7 nitrogen and oxygen atoms in total. The smallest absolute Gasteiger partial charge is 0.323 e. The molecule has 0 unspecified atom stereocenters. The van der Waals surface area contributed by atoms with Crippen LogP contribution < -0.4 is 11.0 Å². The van der Waals surface area contributed by atoms with Gasteiger partial charge in [-0.1, -0.05) is 24.3 Å². The number of aromatic amines is 2. The Kier molecular flexibility index (Phi) is 4.75. The van der Waals surface area contributed by atoms with E-state index < -0.39 is 0 Å². The normalized spacial score (nSPS) is 12.5. The van der Waals surface area contributed by atoms with Gasteiger partial charge in [-0.25, -0.2) is 4.79 Å². The second-order valence-electron chi connectivity index (χ2n) is 6.83. The predicted molar refractivity (Wildman–Crippen MR) is 109 cm³/mol. The summed E-state index contributed by atoms with van der Waals surface area (Å²) in [6.07, 6.45) is 1.87. The number of rotatable bonds is 6. The fourth-order valence-electron chi connectivity index (χ4n) is 3.48. The Morgan fingerprint density at radius 2 is 1.96 bits per heavy atom. The molecule has 0 aliphatic carbocycles. The SMILES string of the molecule is COCCn1cc(C(=O)N[C@H](C)c2ccc3[nH]c(=O)[nH]c3c2)c2ccccc21. The second-order valence-corrected chi connectivity index (χ2v) is 6.83. The molecule has 4 aromatic rings. The molecule has 2 heterocycles. The van der Waals surface area contributed by atoms with Gasteiger partial charge in [0.05, 0.1) is 29.2 Å². The molecule has 4 rings (SSSR count). The molecule has 2 aromatic heterocycles. The van der Waals surface area contributed by atoms with Crippen molar-refractivity contribution in [2.75, 3.05) is 13.7 Å². The van der Waals surface area contributed by atoms with E-state index in [1.165, 1.54) is 0 Å². The molecule has 0 aliphatic heterocycles. The summed E-state index contributed by atoms with van der Waals surface area (Å²) in [6.45, 7) is 3.18. The van der Waals surface area contributed by atoms with Gasteiger partial charge in [0.2, 0.25) is 0 Å². The van der Waals surface area contributed by atoms with Gasteiger partial charge in [0, 0.05) is 30.8 Å². The van der Waals surface area contributed by atoms with Crippen molar-refractivity contribution in [1.29, 1.82) is 0 Å². The van der Waals surface area contributed by atoms with Crippen LogP contribution >= 0.6 is 0 Å². The number of nitrogens with zero attached hydrogens (tertiary/aromatic N) is 1. The quantitative estimate of drug-likeness (QED) is 0.482. The topological polar surface area (TPSA) is 91.9 Å². The third-order valence-corrected chi connectivity index (χ3v) is 4.96. The van der Waals surface area contributed by atoms with E-state index in [1.54, 1.807) is 7.11 Å². The molecule has 0 aliphatic rings. The first-order chi connectivity index (χ1) is 13.6. The zero-order valence-corrected chi connectivity index (χ0v) is 15.8. The van der Waals surface area contributed by atoms with Gasteiger partial charge >= 0.3 is 5.69 Å². The number of carbonyl (C=O) groups is 1. The first-order valence-electron chi connectivity index (χ1n) is 9.16. The van der Waals surface area contributed by atoms with Crippen LogP contribution in [0, 0.1) is 0 Å². The third kappa shape index (κ3) is 3.32. The Balaban J connectivity index is 1.61. The van der Waals surface area contributed by atoms with E-state index in [-0.39, 0.29) is 17.6 Å². The number of H-pyrrole nitrogens is 2. The lowest BCUT2D eigenvalue weighted by Crippen LogP contribution is -2.26. The fourth-order valence-corrected chi connectivity index (χ4v) is 3.48. The molecule has 0 bridgehead atoms. The molecule has 7 heteroatoms. The van der Waals surface area contributed by atoms with Gasteiger partial charge in [0.15, 0.2) is 0 Å². The lowest BCUT2D eigenvalue weighted by Gasteiger charge is -2.14. The Morgan fingerprint density at radius 3 is 2.79 bits per heavy atom. The van der Waals surface area contributed by atoms with E-state index in [4.69, 9.17) is 4.74 Å². The zero-order chi connectivity index (χ0) is 19.7. The van der Waals surface area contributed by atoms with E-state index in [1.807, 2.05) is 60.2 Å². The van der Waals surface area contributed by atoms with Gasteiger partial charge in [0.25, 0.3) is 5.91 Å². The van der Waals surface area contributed by atoms with Gasteiger partial charge < -0.3 is 24.6 Å². The summed E-state index contributed by atoms with van der Waals surface area (Å²) < 4.78 is 7.21. The lowest BCUT2D eigenvalue weighted by atomic mass is 10.1. The van der Waals surface area contributed by atoms with Crippen molar-refractivity contribution in [3.8, 4) is 0 Å². The number of para-hydroxylation sites is 1. The van der Waals surface area contributed by atoms with Crippen molar-refractivity contribution in [3.05, 3.63) is 70.3 Å². The molecule has 3 N–H and O–H groups in total. The molecular formula is C21H22N4O3. The summed E-state index contributed by atoms with van der Waals surface area (Å²) in [7, 11) is 1.66. The Hall–Kier alpha value is -3.32. The predicted octanol–water partition coefficient (Wildman–Crippen LogP) is 2.95. The summed E-state index contributed by atoms with van der Waals surface area (Å²) in [5, 5.41) is 3.97. The van der Waals surface area contributed by atoms with Crippen molar-refractivity contribution >= 4 is 27.8 Å². The van der Waals surface area contributed by atoms with Crippen LogP contribution in [0.1, 0.15) is 28.9 Å². The van der Waals surface area contributed by atoms with Crippen molar-refractivity contribution in [2.45, 2.75) is 19.5 Å². The number of carbonyl (C=O) groups excluding carboxylic acids is 1. The van der Waals surface area contributed by atoms with Crippen LogP contribution in [0.5, 0.6) is 0 Å². The van der Waals surface area contributed by atoms with Crippen molar-refractivity contribution in [1.82, 2.24) is 19.9 Å². The largest absolute Gasteiger partial charge is 0.383 e. The molecule has 1 amide bonds. The molecule has 0 spiro atoms. The van der Waals surface area contributed by atoms with Crippen LogP contribution in [0.3, 0.4) is 0 Å². The second kappa shape index (κ2) is 7.36. The molecule has 1 atom stereocenters. The molecule has 0 saturated heterocycles. The van der Waals surface area contributed by atoms with E-state index in [0.29, 0.717) is 18.7 Å². The molecule has 0 fully saturated rings. The number of nitrogens with one attached hydrogen (secondary N) is 3. The van der Waals surface area contributed by atoms with Crippen LogP contribution in [-0.2, 0) is 11.3 Å². The van der Waals surface area contributed by atoms with Gasteiger partial charge in [0.1, 0.15) is 0 Å². The molecular weight excluding hydrogens is 356 g/mol. The van der Waals surface area contributed by atoms with E-state index in [9.17, 15) is 9.59 Å². The maximum atomic E-state index is 13.0. The van der Waals surface area contributed by atoms with E-state index in [0.717, 1.165) is 27.5 Å². The van der Waals surface area contributed by atoms with Crippen molar-refractivity contribution in [3.63, 3.8) is 0 Å². The molecule has 0 radical (unpaired) electrons. The maximum Gasteiger partial charge on any atom is 0.323 e. The highest BCUT2D eigenvalue weighted by molar-refractivity contribution is 6.07. The Labute approximate surface area is 161 Å². The molecule has 2 aromatic carbocycles. The first kappa shape index (κ1) is 18.1. The lowest BCUT2D eigenvalue weighted by molar-refractivity contribution is 0.0941. The zero-order valence-electron chi connectivity index (χ0n) is 15.8. The van der Waals surface area contributed by atoms with Gasteiger partial charge in [-0.2, -0.15) is 0 Å². The summed E-state index contributed by atoms with van der Waals surface area (Å²) in [6, 6.07) is 13.2. The van der Waals surface area contributed by atoms with Crippen LogP contribution in [-0.4, -0.2) is 34.2 Å². The average Bonchev–Trinajstić information content (AvgIpc) is 3.25. The third-order valence-electron chi connectivity index (χ3n) is 4.96. The first-order valence-corrected chi connectivity index (χ1v) is 9.16. The minimum absolute atomic E-state index is 0.137. The highest BCUT2D eigenvalue weighted by atomic mass is 16.5. The minimum Gasteiger partial charge on any atom is -0.383 e.